The third kappa shape index (κ3) is 6.01. The summed E-state index contributed by atoms with van der Waals surface area (Å²) in [6.45, 7) is 0. The van der Waals surface area contributed by atoms with Gasteiger partial charge in [0.2, 0.25) is 0 Å². The second kappa shape index (κ2) is 14.5. The van der Waals surface area contributed by atoms with Crippen LogP contribution in [0.15, 0.2) is 211 Å². The van der Waals surface area contributed by atoms with E-state index in [1.165, 1.54) is 32.7 Å². The highest BCUT2D eigenvalue weighted by Gasteiger charge is 2.32. The molecular weight excluding hydrogens is 709 g/mol. The van der Waals surface area contributed by atoms with Gasteiger partial charge in [-0.2, -0.15) is 0 Å². The molecule has 3 N–H and O–H groups in total. The first kappa shape index (κ1) is 34.2. The van der Waals surface area contributed by atoms with Gasteiger partial charge in [-0.05, 0) is 74.8 Å². The van der Waals surface area contributed by atoms with Gasteiger partial charge in [-0.3, -0.25) is 16.0 Å². The molecule has 5 heteroatoms. The zero-order chi connectivity index (χ0) is 38.4. The van der Waals surface area contributed by atoms with Gasteiger partial charge in [0.15, 0.2) is 0 Å². The van der Waals surface area contributed by atoms with Crippen LogP contribution in [0.2, 0.25) is 0 Å². The molecule has 9 aromatic carbocycles. The van der Waals surface area contributed by atoms with E-state index in [1.807, 2.05) is 0 Å². The largest absolute Gasteiger partial charge is 0.455 e. The van der Waals surface area contributed by atoms with E-state index < -0.39 is 0 Å². The van der Waals surface area contributed by atoms with E-state index in [4.69, 9.17) is 4.42 Å². The van der Waals surface area contributed by atoms with Crippen LogP contribution in [0.4, 0.5) is 17.1 Å². The lowest BCUT2D eigenvalue weighted by Crippen LogP contribution is -2.54. The highest BCUT2D eigenvalue weighted by atomic mass is 16.3. The van der Waals surface area contributed by atoms with E-state index in [0.29, 0.717) is 0 Å². The van der Waals surface area contributed by atoms with Crippen LogP contribution in [0.5, 0.6) is 0 Å². The van der Waals surface area contributed by atoms with E-state index >= 15 is 0 Å². The van der Waals surface area contributed by atoms with Crippen LogP contribution in [0.1, 0.15) is 35.2 Å². The number of hydrogen-bond acceptors (Lipinski definition) is 5. The van der Waals surface area contributed by atoms with Crippen molar-refractivity contribution in [3.05, 3.63) is 223 Å². The van der Waals surface area contributed by atoms with Crippen molar-refractivity contribution in [1.82, 2.24) is 16.0 Å². The minimum atomic E-state index is -0.199. The SMILES string of the molecule is c1ccc(C2NC(c3ccccc3)NC(c3ccc(-c4ccc(N(c5ccccc5)c5cccc6ccccc56)cc4)c4oc5ccc6ccccc6c5c34)N2)cc1. The van der Waals surface area contributed by atoms with Crippen molar-refractivity contribution in [3.63, 3.8) is 0 Å². The molecule has 2 unspecified atom stereocenters. The van der Waals surface area contributed by atoms with E-state index in [-0.39, 0.29) is 18.5 Å². The van der Waals surface area contributed by atoms with Gasteiger partial charge in [-0.15, -0.1) is 0 Å². The van der Waals surface area contributed by atoms with Crippen LogP contribution < -0.4 is 20.9 Å². The number of hydrogen-bond donors (Lipinski definition) is 3. The van der Waals surface area contributed by atoms with Crippen molar-refractivity contribution in [2.75, 3.05) is 4.90 Å². The molecule has 11 rings (SSSR count). The monoisotopic (exact) mass is 748 g/mol. The smallest absolute Gasteiger partial charge is 0.143 e. The summed E-state index contributed by atoms with van der Waals surface area (Å²) in [7, 11) is 0. The van der Waals surface area contributed by atoms with Crippen molar-refractivity contribution in [2.45, 2.75) is 18.5 Å². The lowest BCUT2D eigenvalue weighted by atomic mass is 9.94. The van der Waals surface area contributed by atoms with E-state index in [1.54, 1.807) is 0 Å². The summed E-state index contributed by atoms with van der Waals surface area (Å²) in [5.74, 6) is 0. The van der Waals surface area contributed by atoms with Crippen LogP contribution in [0.3, 0.4) is 0 Å². The van der Waals surface area contributed by atoms with Gasteiger partial charge in [-0.25, -0.2) is 0 Å². The highest BCUT2D eigenvalue weighted by Crippen LogP contribution is 2.45. The van der Waals surface area contributed by atoms with Gasteiger partial charge in [0.05, 0.1) is 24.2 Å². The topological polar surface area (TPSA) is 52.5 Å². The Morgan fingerprint density at radius 3 is 1.64 bits per heavy atom. The number of rotatable bonds is 7. The average Bonchev–Trinajstić information content (AvgIpc) is 3.71. The number of benzene rings is 9. The Labute approximate surface area is 337 Å². The third-order valence-electron chi connectivity index (χ3n) is 11.6. The summed E-state index contributed by atoms with van der Waals surface area (Å²) in [6.07, 6.45) is -0.385. The molecule has 0 spiro atoms. The lowest BCUT2D eigenvalue weighted by molar-refractivity contribution is 0.204. The molecule has 0 aliphatic carbocycles. The molecule has 278 valence electrons. The third-order valence-corrected chi connectivity index (χ3v) is 11.6. The maximum absolute atomic E-state index is 6.98. The fourth-order valence-corrected chi connectivity index (χ4v) is 8.83. The van der Waals surface area contributed by atoms with Gasteiger partial charge < -0.3 is 9.32 Å². The Morgan fingerprint density at radius 2 is 0.948 bits per heavy atom. The van der Waals surface area contributed by atoms with E-state index in [9.17, 15) is 0 Å². The molecular formula is C53H40N4O. The van der Waals surface area contributed by atoms with Crippen molar-refractivity contribution < 1.29 is 4.42 Å². The molecule has 10 aromatic rings. The van der Waals surface area contributed by atoms with Gasteiger partial charge in [0.1, 0.15) is 11.2 Å². The number of para-hydroxylation sites is 1. The maximum atomic E-state index is 6.98. The Balaban J connectivity index is 1.07. The van der Waals surface area contributed by atoms with Crippen LogP contribution >= 0.6 is 0 Å². The Morgan fingerprint density at radius 1 is 0.397 bits per heavy atom. The second-order valence-electron chi connectivity index (χ2n) is 15.0. The summed E-state index contributed by atoms with van der Waals surface area (Å²) in [4.78, 5) is 2.35. The summed E-state index contributed by atoms with van der Waals surface area (Å²) in [6, 6.07) is 73.3. The minimum Gasteiger partial charge on any atom is -0.455 e. The normalized spacial score (nSPS) is 16.9. The highest BCUT2D eigenvalue weighted by molar-refractivity contribution is 6.21. The van der Waals surface area contributed by atoms with Crippen LogP contribution in [-0.2, 0) is 0 Å². The molecule has 1 aliphatic heterocycles. The molecule has 0 bridgehead atoms. The Hall–Kier alpha value is -7.02. The number of nitrogens with one attached hydrogen (secondary N) is 3. The number of furan rings is 1. The molecule has 0 saturated carbocycles. The molecule has 5 nitrogen and oxygen atoms in total. The van der Waals surface area contributed by atoms with Crippen molar-refractivity contribution >= 4 is 60.5 Å². The van der Waals surface area contributed by atoms with E-state index in [2.05, 4.69) is 227 Å². The predicted octanol–water partition coefficient (Wildman–Crippen LogP) is 13.2. The fraction of sp³-hybridized carbons (Fsp3) is 0.0566. The molecule has 1 aromatic heterocycles. The fourth-order valence-electron chi connectivity index (χ4n) is 8.83. The van der Waals surface area contributed by atoms with Gasteiger partial charge >= 0.3 is 0 Å². The Bertz CT molecular complexity index is 3000. The summed E-state index contributed by atoms with van der Waals surface area (Å²) in [5.41, 5.74) is 10.7. The second-order valence-corrected chi connectivity index (χ2v) is 15.0. The first-order valence-corrected chi connectivity index (χ1v) is 20.0. The predicted molar refractivity (Wildman–Crippen MR) is 239 cm³/mol. The maximum Gasteiger partial charge on any atom is 0.143 e. The van der Waals surface area contributed by atoms with Crippen LogP contribution in [-0.4, -0.2) is 0 Å². The van der Waals surface area contributed by atoms with Gasteiger partial charge in [0.25, 0.3) is 0 Å². The average molecular weight is 749 g/mol. The summed E-state index contributed by atoms with van der Waals surface area (Å²) in [5, 5.41) is 18.7. The quantitative estimate of drug-likeness (QED) is 0.152. The molecule has 2 atom stereocenters. The molecule has 0 amide bonds. The summed E-state index contributed by atoms with van der Waals surface area (Å²) >= 11 is 0. The van der Waals surface area contributed by atoms with Gasteiger partial charge in [0, 0.05) is 33.1 Å². The van der Waals surface area contributed by atoms with Crippen molar-refractivity contribution in [2.24, 2.45) is 0 Å². The van der Waals surface area contributed by atoms with Crippen molar-refractivity contribution in [3.8, 4) is 11.1 Å². The number of anilines is 3. The lowest BCUT2D eigenvalue weighted by Gasteiger charge is -2.40. The summed E-state index contributed by atoms with van der Waals surface area (Å²) < 4.78 is 6.98. The molecule has 58 heavy (non-hydrogen) atoms. The molecule has 1 fully saturated rings. The first-order valence-electron chi connectivity index (χ1n) is 20.0. The first-order chi connectivity index (χ1) is 28.8. The Kier molecular flexibility index (Phi) is 8.55. The van der Waals surface area contributed by atoms with Crippen LogP contribution in [0, 0.1) is 0 Å². The zero-order valence-corrected chi connectivity index (χ0v) is 31.7. The van der Waals surface area contributed by atoms with Gasteiger partial charge in [-0.1, -0.05) is 170 Å². The molecule has 1 aliphatic rings. The van der Waals surface area contributed by atoms with E-state index in [0.717, 1.165) is 55.7 Å². The molecule has 2 heterocycles. The van der Waals surface area contributed by atoms with Crippen molar-refractivity contribution in [1.29, 1.82) is 0 Å². The standard InChI is InChI=1S/C53H40N4O/c1-4-17-38(18-5-1)51-54-52(39-19-6-2-7-20-39)56-53(55-51)45-33-32-44(50-49(45)48-43-25-13-11-16-36(43)29-34-47(48)58-50)37-27-30-41(31-28-37)57(40-22-8-3-9-23-40)46-26-14-21-35-15-10-12-24-42(35)46/h1-34,51-56H. The zero-order valence-electron chi connectivity index (χ0n) is 31.7. The molecule has 1 saturated heterocycles. The minimum absolute atomic E-state index is 0.0934. The number of nitrogens with zero attached hydrogens (tertiary/aromatic N) is 1. The van der Waals surface area contributed by atoms with Crippen LogP contribution in [0.25, 0.3) is 54.6 Å². The number of fused-ring (bicyclic) bond motifs is 6. The molecule has 0 radical (unpaired) electrons.